The van der Waals surface area contributed by atoms with Crippen molar-refractivity contribution in [1.82, 2.24) is 0 Å². The predicted octanol–water partition coefficient (Wildman–Crippen LogP) is 1.24. The van der Waals surface area contributed by atoms with Gasteiger partial charge in [0.25, 0.3) is 0 Å². The molecule has 3 nitrogen and oxygen atoms in total. The van der Waals surface area contributed by atoms with E-state index in [9.17, 15) is 13.6 Å². The molecule has 2 N–H and O–H groups in total. The van der Waals surface area contributed by atoms with E-state index in [2.05, 4.69) is 4.74 Å². The first kappa shape index (κ1) is 11.0. The molecular formula is C11H11F2NO2. The number of hydrogen-bond acceptors (Lipinski definition) is 3. The second-order valence-corrected chi connectivity index (χ2v) is 3.88. The van der Waals surface area contributed by atoms with Crippen LogP contribution in [0.3, 0.4) is 0 Å². The molecule has 0 saturated heterocycles. The van der Waals surface area contributed by atoms with Gasteiger partial charge >= 0.3 is 5.97 Å². The maximum absolute atomic E-state index is 13.4. The van der Waals surface area contributed by atoms with Crippen LogP contribution in [-0.4, -0.2) is 13.1 Å². The fourth-order valence-electron chi connectivity index (χ4n) is 2.11. The average Bonchev–Trinajstić information content (AvgIpc) is 2.57. The molecule has 86 valence electrons. The van der Waals surface area contributed by atoms with Gasteiger partial charge < -0.3 is 10.5 Å². The number of ether oxygens (including phenoxy) is 1. The summed E-state index contributed by atoms with van der Waals surface area (Å²) in [5.41, 5.74) is 4.92. The highest BCUT2D eigenvalue weighted by Gasteiger charge is 2.44. The van der Waals surface area contributed by atoms with Crippen molar-refractivity contribution < 1.29 is 18.3 Å². The number of rotatable bonds is 1. The minimum atomic E-state index is -1.42. The number of carbonyl (C=O) groups is 1. The SMILES string of the molecule is COC(=O)C1(N)CCc2c(F)cc(F)cc21. The van der Waals surface area contributed by atoms with Crippen molar-refractivity contribution >= 4 is 5.97 Å². The first-order valence-corrected chi connectivity index (χ1v) is 4.84. The molecule has 0 heterocycles. The fraction of sp³-hybridized carbons (Fsp3) is 0.364. The van der Waals surface area contributed by atoms with E-state index < -0.39 is 23.1 Å². The van der Waals surface area contributed by atoms with E-state index in [1.807, 2.05) is 0 Å². The van der Waals surface area contributed by atoms with Crippen molar-refractivity contribution in [3.05, 3.63) is 34.9 Å². The Labute approximate surface area is 91.2 Å². The van der Waals surface area contributed by atoms with Gasteiger partial charge in [-0.1, -0.05) is 0 Å². The molecule has 0 spiro atoms. The molecule has 1 atom stereocenters. The second kappa shape index (κ2) is 3.52. The van der Waals surface area contributed by atoms with Crippen molar-refractivity contribution in [2.75, 3.05) is 7.11 Å². The third-order valence-corrected chi connectivity index (χ3v) is 2.96. The van der Waals surface area contributed by atoms with Gasteiger partial charge in [0.2, 0.25) is 0 Å². The first-order chi connectivity index (χ1) is 7.49. The summed E-state index contributed by atoms with van der Waals surface area (Å²) >= 11 is 0. The zero-order valence-electron chi connectivity index (χ0n) is 8.72. The van der Waals surface area contributed by atoms with Gasteiger partial charge in [0, 0.05) is 6.07 Å². The maximum atomic E-state index is 13.4. The Bertz CT molecular complexity index is 462. The van der Waals surface area contributed by atoms with Gasteiger partial charge in [-0.15, -0.1) is 0 Å². The number of esters is 1. The Kier molecular flexibility index (Phi) is 2.42. The molecule has 1 aromatic rings. The summed E-state index contributed by atoms with van der Waals surface area (Å²) < 4.78 is 31.1. The third-order valence-electron chi connectivity index (χ3n) is 2.96. The van der Waals surface area contributed by atoms with Crippen LogP contribution in [0.2, 0.25) is 0 Å². The van der Waals surface area contributed by atoms with Gasteiger partial charge in [-0.05, 0) is 30.0 Å². The van der Waals surface area contributed by atoms with Gasteiger partial charge in [-0.3, -0.25) is 0 Å². The highest BCUT2D eigenvalue weighted by molar-refractivity contribution is 5.84. The summed E-state index contributed by atoms with van der Waals surface area (Å²) in [4.78, 5) is 11.5. The van der Waals surface area contributed by atoms with Crippen LogP contribution < -0.4 is 5.73 Å². The number of benzene rings is 1. The van der Waals surface area contributed by atoms with Gasteiger partial charge in [0.1, 0.15) is 17.2 Å². The summed E-state index contributed by atoms with van der Waals surface area (Å²) in [6.07, 6.45) is 0.544. The van der Waals surface area contributed by atoms with Crippen LogP contribution in [0.1, 0.15) is 17.5 Å². The smallest absolute Gasteiger partial charge is 0.330 e. The van der Waals surface area contributed by atoms with E-state index in [1.54, 1.807) is 0 Å². The predicted molar refractivity (Wildman–Crippen MR) is 52.6 cm³/mol. The lowest BCUT2D eigenvalue weighted by molar-refractivity contribution is -0.147. The van der Waals surface area contributed by atoms with E-state index in [1.165, 1.54) is 7.11 Å². The second-order valence-electron chi connectivity index (χ2n) is 3.88. The Morgan fingerprint density at radius 3 is 2.81 bits per heavy atom. The fourth-order valence-corrected chi connectivity index (χ4v) is 2.11. The normalized spacial score (nSPS) is 23.0. The molecule has 0 bridgehead atoms. The van der Waals surface area contributed by atoms with Crippen molar-refractivity contribution in [2.24, 2.45) is 5.73 Å². The lowest BCUT2D eigenvalue weighted by Gasteiger charge is -2.21. The number of hydrogen-bond donors (Lipinski definition) is 1. The topological polar surface area (TPSA) is 52.3 Å². The molecule has 0 radical (unpaired) electrons. The van der Waals surface area contributed by atoms with Crippen molar-refractivity contribution in [3.8, 4) is 0 Å². The molecule has 0 aromatic heterocycles. The monoisotopic (exact) mass is 227 g/mol. The Morgan fingerprint density at radius 1 is 1.50 bits per heavy atom. The Balaban J connectivity index is 2.58. The van der Waals surface area contributed by atoms with Crippen LogP contribution in [0.15, 0.2) is 12.1 Å². The van der Waals surface area contributed by atoms with E-state index in [0.717, 1.165) is 12.1 Å². The van der Waals surface area contributed by atoms with Crippen molar-refractivity contribution in [1.29, 1.82) is 0 Å². The maximum Gasteiger partial charge on any atom is 0.330 e. The average molecular weight is 227 g/mol. The molecule has 0 fully saturated rings. The molecule has 1 aliphatic carbocycles. The lowest BCUT2D eigenvalue weighted by Crippen LogP contribution is -2.43. The van der Waals surface area contributed by atoms with Gasteiger partial charge in [0.05, 0.1) is 7.11 Å². The van der Waals surface area contributed by atoms with Crippen LogP contribution in [0.25, 0.3) is 0 Å². The van der Waals surface area contributed by atoms with Crippen LogP contribution in [0.5, 0.6) is 0 Å². The standard InChI is InChI=1S/C11H11F2NO2/c1-16-10(15)11(14)3-2-7-8(11)4-6(12)5-9(7)13/h4-5H,2-3,14H2,1H3. The Hall–Kier alpha value is -1.49. The summed E-state index contributed by atoms with van der Waals surface area (Å²) in [6.45, 7) is 0. The van der Waals surface area contributed by atoms with Gasteiger partial charge in [-0.25, -0.2) is 13.6 Å². The molecule has 0 saturated carbocycles. The van der Waals surface area contributed by atoms with E-state index in [4.69, 9.17) is 5.73 Å². The summed E-state index contributed by atoms with van der Waals surface area (Å²) in [7, 11) is 1.20. The van der Waals surface area contributed by atoms with Crippen molar-refractivity contribution in [2.45, 2.75) is 18.4 Å². The molecule has 0 amide bonds. The molecule has 1 aliphatic rings. The molecule has 16 heavy (non-hydrogen) atoms. The van der Waals surface area contributed by atoms with Gasteiger partial charge in [-0.2, -0.15) is 0 Å². The summed E-state index contributed by atoms with van der Waals surface area (Å²) in [5, 5.41) is 0. The molecule has 1 unspecified atom stereocenters. The van der Waals surface area contributed by atoms with E-state index >= 15 is 0 Å². The molecule has 2 rings (SSSR count). The zero-order valence-corrected chi connectivity index (χ0v) is 8.72. The van der Waals surface area contributed by atoms with E-state index in [-0.39, 0.29) is 12.0 Å². The quantitative estimate of drug-likeness (QED) is 0.734. The highest BCUT2D eigenvalue weighted by atomic mass is 19.1. The van der Waals surface area contributed by atoms with Crippen LogP contribution >= 0.6 is 0 Å². The first-order valence-electron chi connectivity index (χ1n) is 4.84. The molecule has 1 aromatic carbocycles. The van der Waals surface area contributed by atoms with Crippen LogP contribution in [0.4, 0.5) is 8.78 Å². The summed E-state index contributed by atoms with van der Waals surface area (Å²) in [5.74, 6) is -2.07. The lowest BCUT2D eigenvalue weighted by atomic mass is 9.93. The number of fused-ring (bicyclic) bond motifs is 1. The largest absolute Gasteiger partial charge is 0.467 e. The third kappa shape index (κ3) is 1.39. The number of methoxy groups -OCH3 is 1. The minimum Gasteiger partial charge on any atom is -0.467 e. The molecule has 0 aliphatic heterocycles. The zero-order chi connectivity index (χ0) is 11.9. The van der Waals surface area contributed by atoms with Crippen LogP contribution in [-0.2, 0) is 21.5 Å². The van der Waals surface area contributed by atoms with E-state index in [0.29, 0.717) is 12.0 Å². The Morgan fingerprint density at radius 2 is 2.19 bits per heavy atom. The van der Waals surface area contributed by atoms with Crippen LogP contribution in [0, 0.1) is 11.6 Å². The highest BCUT2D eigenvalue weighted by Crippen LogP contribution is 2.37. The number of nitrogens with two attached hydrogens (primary N) is 1. The molecular weight excluding hydrogens is 216 g/mol. The number of halogens is 2. The minimum absolute atomic E-state index is 0.192. The molecule has 5 heteroatoms. The summed E-state index contributed by atoms with van der Waals surface area (Å²) in [6, 6.07) is 1.89. The van der Waals surface area contributed by atoms with Gasteiger partial charge in [0.15, 0.2) is 0 Å². The van der Waals surface area contributed by atoms with Crippen molar-refractivity contribution in [3.63, 3.8) is 0 Å². The number of carbonyl (C=O) groups excluding carboxylic acids is 1.